The molecule has 1 heterocycles. The Morgan fingerprint density at radius 1 is 1.50 bits per heavy atom. The first-order valence-electron chi connectivity index (χ1n) is 5.90. The molecule has 0 radical (unpaired) electrons. The van der Waals surface area contributed by atoms with Crippen molar-refractivity contribution in [2.45, 2.75) is 64.6 Å². The molecule has 0 spiro atoms. The lowest BCUT2D eigenvalue weighted by Crippen LogP contribution is -2.41. The average molecular weight is 200 g/mol. The summed E-state index contributed by atoms with van der Waals surface area (Å²) in [4.78, 5) is 0. The molecule has 1 aliphatic heterocycles. The molecule has 14 heavy (non-hydrogen) atoms. The van der Waals surface area contributed by atoms with Gasteiger partial charge in [-0.2, -0.15) is 0 Å². The van der Waals surface area contributed by atoms with Crippen molar-refractivity contribution >= 4 is 0 Å². The Kier molecular flexibility index (Phi) is 4.39. The lowest BCUT2D eigenvalue weighted by molar-refractivity contribution is -0.113. The molecule has 1 N–H and O–H groups in total. The van der Waals surface area contributed by atoms with Crippen LogP contribution in [0, 0.1) is 5.92 Å². The molecule has 0 aliphatic carbocycles. The molecule has 0 bridgehead atoms. The van der Waals surface area contributed by atoms with Gasteiger partial charge in [-0.3, -0.25) is 0 Å². The minimum Gasteiger partial charge on any atom is -0.390 e. The van der Waals surface area contributed by atoms with Crippen molar-refractivity contribution in [3.63, 3.8) is 0 Å². The van der Waals surface area contributed by atoms with Crippen LogP contribution in [0.2, 0.25) is 0 Å². The summed E-state index contributed by atoms with van der Waals surface area (Å²) in [7, 11) is 0. The molecule has 1 saturated heterocycles. The van der Waals surface area contributed by atoms with Crippen LogP contribution in [0.4, 0.5) is 0 Å². The summed E-state index contributed by atoms with van der Waals surface area (Å²) in [6.07, 6.45) is 5.07. The number of aliphatic hydroxyl groups is 1. The van der Waals surface area contributed by atoms with Gasteiger partial charge in [-0.1, -0.05) is 27.2 Å². The summed E-state index contributed by atoms with van der Waals surface area (Å²) in [5, 5.41) is 10.4. The van der Waals surface area contributed by atoms with E-state index in [0.29, 0.717) is 5.92 Å². The van der Waals surface area contributed by atoms with E-state index in [1.165, 1.54) is 0 Å². The van der Waals surface area contributed by atoms with Crippen molar-refractivity contribution in [1.29, 1.82) is 0 Å². The Morgan fingerprint density at radius 3 is 2.79 bits per heavy atom. The molecule has 2 nitrogen and oxygen atoms in total. The molecule has 1 aliphatic rings. The Labute approximate surface area is 87.7 Å². The third kappa shape index (κ3) is 3.58. The molecule has 2 unspecified atom stereocenters. The number of hydrogen-bond donors (Lipinski definition) is 1. The molecule has 0 aromatic carbocycles. The molecule has 2 heteroatoms. The van der Waals surface area contributed by atoms with Crippen LogP contribution in [0.25, 0.3) is 0 Å². The van der Waals surface area contributed by atoms with Crippen LogP contribution < -0.4 is 0 Å². The number of hydrogen-bond acceptors (Lipinski definition) is 2. The maximum Gasteiger partial charge on any atom is 0.0696 e. The monoisotopic (exact) mass is 200 g/mol. The van der Waals surface area contributed by atoms with Crippen molar-refractivity contribution in [3.8, 4) is 0 Å². The topological polar surface area (TPSA) is 29.5 Å². The predicted molar refractivity (Wildman–Crippen MR) is 58.3 cm³/mol. The lowest BCUT2D eigenvalue weighted by Gasteiger charge is -2.38. The SMILES string of the molecule is CCCC1CC(O)(CC(C)C)CCO1. The van der Waals surface area contributed by atoms with Gasteiger partial charge in [-0.05, 0) is 25.2 Å². The predicted octanol–water partition coefficient (Wildman–Crippen LogP) is 2.74. The minimum absolute atomic E-state index is 0.289. The second-order valence-electron chi connectivity index (χ2n) is 5.06. The zero-order valence-electron chi connectivity index (χ0n) is 9.75. The van der Waals surface area contributed by atoms with Gasteiger partial charge in [0.25, 0.3) is 0 Å². The standard InChI is InChI=1S/C12H24O2/c1-4-5-11-9-12(13,6-7-14-11)8-10(2)3/h10-11,13H,4-9H2,1-3H3. The number of rotatable bonds is 4. The van der Waals surface area contributed by atoms with Crippen LogP contribution in [-0.2, 0) is 4.74 Å². The van der Waals surface area contributed by atoms with Crippen LogP contribution in [0.15, 0.2) is 0 Å². The van der Waals surface area contributed by atoms with Gasteiger partial charge >= 0.3 is 0 Å². The van der Waals surface area contributed by atoms with E-state index in [-0.39, 0.29) is 6.10 Å². The number of ether oxygens (including phenoxy) is 1. The van der Waals surface area contributed by atoms with Gasteiger partial charge in [0.2, 0.25) is 0 Å². The lowest BCUT2D eigenvalue weighted by atomic mass is 9.82. The van der Waals surface area contributed by atoms with Crippen LogP contribution in [0.5, 0.6) is 0 Å². The van der Waals surface area contributed by atoms with Gasteiger partial charge in [0, 0.05) is 13.0 Å². The summed E-state index contributed by atoms with van der Waals surface area (Å²) >= 11 is 0. The zero-order valence-corrected chi connectivity index (χ0v) is 9.75. The molecule has 0 aromatic heterocycles. The van der Waals surface area contributed by atoms with E-state index in [9.17, 15) is 5.11 Å². The summed E-state index contributed by atoms with van der Waals surface area (Å²) in [5.41, 5.74) is -0.452. The summed E-state index contributed by atoms with van der Waals surface area (Å²) in [6, 6.07) is 0. The van der Waals surface area contributed by atoms with Gasteiger partial charge < -0.3 is 9.84 Å². The van der Waals surface area contributed by atoms with Gasteiger partial charge in [0.05, 0.1) is 11.7 Å². The Bertz CT molecular complexity index is 166. The molecule has 84 valence electrons. The molecular weight excluding hydrogens is 176 g/mol. The molecule has 1 rings (SSSR count). The third-order valence-corrected chi connectivity index (χ3v) is 2.93. The van der Waals surface area contributed by atoms with Crippen molar-refractivity contribution in [1.82, 2.24) is 0 Å². The Balaban J connectivity index is 2.44. The molecule has 0 aromatic rings. The van der Waals surface area contributed by atoms with Crippen LogP contribution in [0.1, 0.15) is 52.9 Å². The molecular formula is C12H24O2. The second-order valence-corrected chi connectivity index (χ2v) is 5.06. The van der Waals surface area contributed by atoms with Crippen molar-refractivity contribution in [2.75, 3.05) is 6.61 Å². The van der Waals surface area contributed by atoms with E-state index in [0.717, 1.165) is 38.7 Å². The summed E-state index contributed by atoms with van der Waals surface area (Å²) in [6.45, 7) is 7.23. The molecule has 0 saturated carbocycles. The van der Waals surface area contributed by atoms with E-state index in [4.69, 9.17) is 4.74 Å². The van der Waals surface area contributed by atoms with Crippen LogP contribution in [-0.4, -0.2) is 23.4 Å². The fourth-order valence-electron chi connectivity index (χ4n) is 2.45. The van der Waals surface area contributed by atoms with Gasteiger partial charge in [-0.25, -0.2) is 0 Å². The van der Waals surface area contributed by atoms with E-state index in [2.05, 4.69) is 20.8 Å². The summed E-state index contributed by atoms with van der Waals surface area (Å²) < 4.78 is 5.64. The van der Waals surface area contributed by atoms with Crippen LogP contribution in [0.3, 0.4) is 0 Å². The highest BCUT2D eigenvalue weighted by Gasteiger charge is 2.34. The highest BCUT2D eigenvalue weighted by Crippen LogP contribution is 2.32. The fourth-order valence-corrected chi connectivity index (χ4v) is 2.45. The highest BCUT2D eigenvalue weighted by atomic mass is 16.5. The van der Waals surface area contributed by atoms with Crippen LogP contribution >= 0.6 is 0 Å². The van der Waals surface area contributed by atoms with E-state index < -0.39 is 5.60 Å². The third-order valence-electron chi connectivity index (χ3n) is 2.93. The van der Waals surface area contributed by atoms with E-state index in [1.807, 2.05) is 0 Å². The van der Waals surface area contributed by atoms with Gasteiger partial charge in [0.15, 0.2) is 0 Å². The molecule has 1 fully saturated rings. The van der Waals surface area contributed by atoms with Gasteiger partial charge in [0.1, 0.15) is 0 Å². The molecule has 0 amide bonds. The maximum atomic E-state index is 10.4. The Morgan fingerprint density at radius 2 is 2.21 bits per heavy atom. The maximum absolute atomic E-state index is 10.4. The smallest absolute Gasteiger partial charge is 0.0696 e. The first-order valence-corrected chi connectivity index (χ1v) is 5.90. The highest BCUT2D eigenvalue weighted by molar-refractivity contribution is 4.86. The largest absolute Gasteiger partial charge is 0.390 e. The first-order chi connectivity index (χ1) is 6.56. The summed E-state index contributed by atoms with van der Waals surface area (Å²) in [5.74, 6) is 0.570. The zero-order chi connectivity index (χ0) is 10.6. The van der Waals surface area contributed by atoms with E-state index >= 15 is 0 Å². The second kappa shape index (κ2) is 5.13. The first kappa shape index (κ1) is 12.0. The fraction of sp³-hybridized carbons (Fsp3) is 1.00. The normalized spacial score (nSPS) is 33.6. The minimum atomic E-state index is -0.452. The average Bonchev–Trinajstić information content (AvgIpc) is 2.01. The molecule has 2 atom stereocenters. The Hall–Kier alpha value is -0.0800. The van der Waals surface area contributed by atoms with Crippen molar-refractivity contribution in [2.24, 2.45) is 5.92 Å². The van der Waals surface area contributed by atoms with Crippen molar-refractivity contribution in [3.05, 3.63) is 0 Å². The van der Waals surface area contributed by atoms with Gasteiger partial charge in [-0.15, -0.1) is 0 Å². The van der Waals surface area contributed by atoms with Crippen molar-refractivity contribution < 1.29 is 9.84 Å². The van der Waals surface area contributed by atoms with E-state index in [1.54, 1.807) is 0 Å². The quantitative estimate of drug-likeness (QED) is 0.756.